The Morgan fingerprint density at radius 2 is 2.14 bits per heavy atom. The number of halogens is 1. The average molecular weight is 287 g/mol. The fraction of sp³-hybridized carbons (Fsp3) is 0.471. The van der Waals surface area contributed by atoms with Gasteiger partial charge in [-0.25, -0.2) is 4.39 Å². The van der Waals surface area contributed by atoms with Gasteiger partial charge in [-0.15, -0.1) is 0 Å². The number of aromatic nitrogens is 2. The maximum absolute atomic E-state index is 13.0. The largest absolute Gasteiger partial charge is 0.298 e. The Bertz CT molecular complexity index is 576. The van der Waals surface area contributed by atoms with E-state index < -0.39 is 0 Å². The van der Waals surface area contributed by atoms with Gasteiger partial charge in [0.05, 0.1) is 6.20 Å². The maximum atomic E-state index is 13.0. The molecule has 1 N–H and O–H groups in total. The molecule has 1 fully saturated rings. The Balaban J connectivity index is 1.67. The van der Waals surface area contributed by atoms with Crippen LogP contribution in [0.3, 0.4) is 0 Å². The predicted molar refractivity (Wildman–Crippen MR) is 81.6 cm³/mol. The van der Waals surface area contributed by atoms with Crippen molar-refractivity contribution >= 4 is 0 Å². The summed E-state index contributed by atoms with van der Waals surface area (Å²) >= 11 is 0. The normalized spacial score (nSPS) is 19.8. The van der Waals surface area contributed by atoms with E-state index >= 15 is 0 Å². The van der Waals surface area contributed by atoms with Crippen molar-refractivity contribution in [1.29, 1.82) is 0 Å². The van der Waals surface area contributed by atoms with E-state index in [-0.39, 0.29) is 5.82 Å². The van der Waals surface area contributed by atoms with Gasteiger partial charge in [-0.1, -0.05) is 19.1 Å². The number of aryl methyl sites for hydroxylation is 1. The van der Waals surface area contributed by atoms with Crippen molar-refractivity contribution < 1.29 is 4.39 Å². The third-order valence-electron chi connectivity index (χ3n) is 4.37. The molecule has 1 aliphatic heterocycles. The second kappa shape index (κ2) is 6.39. The summed E-state index contributed by atoms with van der Waals surface area (Å²) in [5.74, 6) is 0.372. The van der Waals surface area contributed by atoms with Crippen LogP contribution in [0.5, 0.6) is 0 Å². The number of piperidine rings is 1. The molecule has 1 aliphatic rings. The quantitative estimate of drug-likeness (QED) is 0.933. The summed E-state index contributed by atoms with van der Waals surface area (Å²) < 4.78 is 13.0. The van der Waals surface area contributed by atoms with E-state index in [1.165, 1.54) is 29.7 Å². The zero-order valence-corrected chi connectivity index (χ0v) is 12.5. The number of hydrogen-bond acceptors (Lipinski definition) is 2. The van der Waals surface area contributed by atoms with Gasteiger partial charge in [0.25, 0.3) is 0 Å². The smallest absolute Gasteiger partial charge is 0.123 e. The van der Waals surface area contributed by atoms with Crippen LogP contribution in [0.1, 0.15) is 42.5 Å². The molecule has 1 saturated heterocycles. The van der Waals surface area contributed by atoms with Crippen LogP contribution in [0.15, 0.2) is 30.5 Å². The van der Waals surface area contributed by atoms with Crippen LogP contribution in [0.25, 0.3) is 0 Å². The lowest BCUT2D eigenvalue weighted by Gasteiger charge is -2.32. The van der Waals surface area contributed by atoms with Crippen molar-refractivity contribution in [3.05, 3.63) is 53.1 Å². The molecular weight excluding hydrogens is 265 g/mol. The van der Waals surface area contributed by atoms with E-state index in [0.717, 1.165) is 26.1 Å². The summed E-state index contributed by atoms with van der Waals surface area (Å²) in [5, 5.41) is 7.39. The van der Waals surface area contributed by atoms with Gasteiger partial charge >= 0.3 is 0 Å². The first-order valence-electron chi connectivity index (χ1n) is 7.75. The molecule has 0 bridgehead atoms. The summed E-state index contributed by atoms with van der Waals surface area (Å²) in [6.07, 6.45) is 5.40. The first-order chi connectivity index (χ1) is 10.3. The number of hydrogen-bond donors (Lipinski definition) is 1. The van der Waals surface area contributed by atoms with Gasteiger partial charge in [0.15, 0.2) is 0 Å². The Kier molecular flexibility index (Phi) is 4.34. The van der Waals surface area contributed by atoms with Gasteiger partial charge in [-0.2, -0.15) is 5.10 Å². The van der Waals surface area contributed by atoms with E-state index in [9.17, 15) is 4.39 Å². The molecule has 21 heavy (non-hydrogen) atoms. The Morgan fingerprint density at radius 1 is 1.33 bits per heavy atom. The minimum absolute atomic E-state index is 0.166. The fourth-order valence-corrected chi connectivity index (χ4v) is 3.24. The van der Waals surface area contributed by atoms with E-state index in [2.05, 4.69) is 22.0 Å². The third kappa shape index (κ3) is 3.32. The molecule has 3 nitrogen and oxygen atoms in total. The summed E-state index contributed by atoms with van der Waals surface area (Å²) in [7, 11) is 0. The van der Waals surface area contributed by atoms with Gasteiger partial charge < -0.3 is 0 Å². The van der Waals surface area contributed by atoms with Crippen LogP contribution in [0, 0.1) is 5.82 Å². The number of likely N-dealkylation sites (tertiary alicyclic amines) is 1. The lowest BCUT2D eigenvalue weighted by Crippen LogP contribution is -2.34. The summed E-state index contributed by atoms with van der Waals surface area (Å²) in [5.41, 5.74) is 3.82. The van der Waals surface area contributed by atoms with E-state index in [1.54, 1.807) is 12.1 Å². The highest BCUT2D eigenvalue weighted by molar-refractivity contribution is 5.22. The van der Waals surface area contributed by atoms with Crippen molar-refractivity contribution in [3.8, 4) is 0 Å². The Hall–Kier alpha value is -1.68. The molecule has 0 radical (unpaired) electrons. The molecule has 2 aromatic rings. The number of nitrogens with zero attached hydrogens (tertiary/aromatic N) is 2. The number of nitrogens with one attached hydrogen (secondary N) is 1. The van der Waals surface area contributed by atoms with Crippen LogP contribution < -0.4 is 0 Å². The fourth-order valence-electron chi connectivity index (χ4n) is 3.24. The first-order valence-corrected chi connectivity index (χ1v) is 7.75. The van der Waals surface area contributed by atoms with E-state index in [4.69, 9.17) is 0 Å². The SMILES string of the molecule is CCc1cn[nH]c1[C@H]1CCCN(Cc2ccc(F)cc2)C1. The highest BCUT2D eigenvalue weighted by atomic mass is 19.1. The molecule has 0 aliphatic carbocycles. The molecule has 0 amide bonds. The third-order valence-corrected chi connectivity index (χ3v) is 4.37. The molecular formula is C17H22FN3. The van der Waals surface area contributed by atoms with Gasteiger partial charge in [-0.3, -0.25) is 10.00 Å². The summed E-state index contributed by atoms with van der Waals surface area (Å²) in [6.45, 7) is 5.23. The van der Waals surface area contributed by atoms with Gasteiger partial charge in [0.1, 0.15) is 5.82 Å². The maximum Gasteiger partial charge on any atom is 0.123 e. The van der Waals surface area contributed by atoms with Gasteiger partial charge in [0.2, 0.25) is 0 Å². The minimum atomic E-state index is -0.166. The monoisotopic (exact) mass is 287 g/mol. The molecule has 0 unspecified atom stereocenters. The lowest BCUT2D eigenvalue weighted by atomic mass is 9.92. The number of H-pyrrole nitrogens is 1. The summed E-state index contributed by atoms with van der Waals surface area (Å²) in [6, 6.07) is 6.85. The number of rotatable bonds is 4. The highest BCUT2D eigenvalue weighted by Crippen LogP contribution is 2.28. The Morgan fingerprint density at radius 3 is 2.90 bits per heavy atom. The van der Waals surface area contributed by atoms with Crippen LogP contribution in [0.4, 0.5) is 4.39 Å². The highest BCUT2D eigenvalue weighted by Gasteiger charge is 2.24. The van der Waals surface area contributed by atoms with Crippen molar-refractivity contribution in [2.75, 3.05) is 13.1 Å². The number of benzene rings is 1. The second-order valence-corrected chi connectivity index (χ2v) is 5.86. The molecule has 0 spiro atoms. The van der Waals surface area contributed by atoms with Crippen LogP contribution >= 0.6 is 0 Å². The molecule has 4 heteroatoms. The second-order valence-electron chi connectivity index (χ2n) is 5.86. The first kappa shape index (κ1) is 14.3. The minimum Gasteiger partial charge on any atom is -0.298 e. The Labute approximate surface area is 125 Å². The molecule has 112 valence electrons. The number of aromatic amines is 1. The van der Waals surface area contributed by atoms with Crippen molar-refractivity contribution in [3.63, 3.8) is 0 Å². The van der Waals surface area contributed by atoms with Crippen LogP contribution in [-0.2, 0) is 13.0 Å². The lowest BCUT2D eigenvalue weighted by molar-refractivity contribution is 0.198. The molecule has 3 rings (SSSR count). The molecule has 1 aromatic heterocycles. The molecule has 1 atom stereocenters. The van der Waals surface area contributed by atoms with E-state index in [0.29, 0.717) is 5.92 Å². The van der Waals surface area contributed by atoms with Crippen molar-refractivity contribution in [2.45, 2.75) is 38.6 Å². The van der Waals surface area contributed by atoms with Crippen molar-refractivity contribution in [2.24, 2.45) is 0 Å². The van der Waals surface area contributed by atoms with Crippen LogP contribution in [-0.4, -0.2) is 28.2 Å². The predicted octanol–water partition coefficient (Wildman–Crippen LogP) is 3.49. The molecule has 0 saturated carbocycles. The summed E-state index contributed by atoms with van der Waals surface area (Å²) in [4.78, 5) is 2.46. The van der Waals surface area contributed by atoms with Gasteiger partial charge in [0, 0.05) is 24.7 Å². The van der Waals surface area contributed by atoms with Gasteiger partial charge in [-0.05, 0) is 49.1 Å². The zero-order chi connectivity index (χ0) is 14.7. The average Bonchev–Trinajstić information content (AvgIpc) is 2.98. The zero-order valence-electron chi connectivity index (χ0n) is 12.5. The van der Waals surface area contributed by atoms with Crippen molar-refractivity contribution in [1.82, 2.24) is 15.1 Å². The van der Waals surface area contributed by atoms with E-state index in [1.807, 2.05) is 18.3 Å². The molecule has 1 aromatic carbocycles. The standard InChI is InChI=1S/C17H22FN3/c1-2-14-10-19-20-17(14)15-4-3-9-21(12-15)11-13-5-7-16(18)8-6-13/h5-8,10,15H,2-4,9,11-12H2,1H3,(H,19,20)/t15-/m0/s1. The van der Waals surface area contributed by atoms with Crippen LogP contribution in [0.2, 0.25) is 0 Å². The molecule has 2 heterocycles. The topological polar surface area (TPSA) is 31.9 Å².